The molecule has 27 heavy (non-hydrogen) atoms. The van der Waals surface area contributed by atoms with Crippen LogP contribution in [0.1, 0.15) is 31.7 Å². The number of hydrogen-bond acceptors (Lipinski definition) is 4. The van der Waals surface area contributed by atoms with Gasteiger partial charge in [0.25, 0.3) is 5.56 Å². The first-order valence-corrected chi connectivity index (χ1v) is 8.78. The Labute approximate surface area is 156 Å². The molecular weight excluding hydrogens is 350 g/mol. The molecule has 0 fully saturated rings. The molecule has 2 rings (SSSR count). The van der Waals surface area contributed by atoms with Gasteiger partial charge in [-0.05, 0) is 12.0 Å². The van der Waals surface area contributed by atoms with Gasteiger partial charge in [-0.15, -0.1) is 0 Å². The normalized spacial score (nSPS) is 11.7. The molecular formula is C19H23N3O5. The van der Waals surface area contributed by atoms with Gasteiger partial charge >= 0.3 is 11.7 Å². The van der Waals surface area contributed by atoms with E-state index in [2.05, 4.69) is 5.32 Å². The lowest BCUT2D eigenvalue weighted by molar-refractivity contribution is -0.142. The van der Waals surface area contributed by atoms with E-state index in [0.29, 0.717) is 12.8 Å². The van der Waals surface area contributed by atoms with E-state index >= 15 is 0 Å². The molecule has 1 aromatic heterocycles. The number of carboxylic acids is 1. The summed E-state index contributed by atoms with van der Waals surface area (Å²) in [6.45, 7) is 1.65. The van der Waals surface area contributed by atoms with Crippen molar-refractivity contribution in [1.82, 2.24) is 14.5 Å². The highest BCUT2D eigenvalue weighted by atomic mass is 16.4. The molecule has 8 nitrogen and oxygen atoms in total. The second-order valence-corrected chi connectivity index (χ2v) is 6.24. The summed E-state index contributed by atoms with van der Waals surface area (Å²) >= 11 is 0. The van der Waals surface area contributed by atoms with Crippen LogP contribution in [0.4, 0.5) is 0 Å². The van der Waals surface area contributed by atoms with Gasteiger partial charge in [-0.25, -0.2) is 9.59 Å². The van der Waals surface area contributed by atoms with E-state index in [4.69, 9.17) is 0 Å². The number of benzene rings is 1. The second-order valence-electron chi connectivity index (χ2n) is 6.24. The summed E-state index contributed by atoms with van der Waals surface area (Å²) in [5.41, 5.74) is -0.360. The third kappa shape index (κ3) is 5.67. The third-order valence-electron chi connectivity index (χ3n) is 4.12. The summed E-state index contributed by atoms with van der Waals surface area (Å²) in [5, 5.41) is 11.6. The Morgan fingerprint density at radius 2 is 1.85 bits per heavy atom. The fraction of sp³-hybridized carbons (Fsp3) is 0.368. The van der Waals surface area contributed by atoms with Crippen LogP contribution in [-0.4, -0.2) is 32.2 Å². The molecule has 0 aliphatic heterocycles. The Balaban J connectivity index is 2.16. The van der Waals surface area contributed by atoms with Gasteiger partial charge in [-0.2, -0.15) is 0 Å². The summed E-state index contributed by atoms with van der Waals surface area (Å²) in [6.07, 6.45) is 3.11. The van der Waals surface area contributed by atoms with Gasteiger partial charge in [-0.1, -0.05) is 50.1 Å². The third-order valence-corrected chi connectivity index (χ3v) is 4.12. The van der Waals surface area contributed by atoms with Crippen molar-refractivity contribution in [2.45, 2.75) is 45.3 Å². The van der Waals surface area contributed by atoms with Gasteiger partial charge in [0, 0.05) is 12.3 Å². The molecule has 1 aromatic carbocycles. The smallest absolute Gasteiger partial charge is 0.331 e. The quantitative estimate of drug-likeness (QED) is 0.676. The highest BCUT2D eigenvalue weighted by Gasteiger charge is 2.20. The molecule has 0 saturated carbocycles. The van der Waals surface area contributed by atoms with Crippen LogP contribution in [0.25, 0.3) is 0 Å². The number of aromatic nitrogens is 2. The number of carbonyl (C=O) groups excluding carboxylic acids is 1. The summed E-state index contributed by atoms with van der Waals surface area (Å²) < 4.78 is 2.13. The SMILES string of the molecule is CCCC[C@H](NC(=O)Cn1c(=O)ccn(Cc2ccccc2)c1=O)C(=O)O. The molecule has 0 radical (unpaired) electrons. The van der Waals surface area contributed by atoms with Crippen LogP contribution in [0.5, 0.6) is 0 Å². The number of nitrogens with zero attached hydrogens (tertiary/aromatic N) is 2. The minimum absolute atomic E-state index is 0.260. The summed E-state index contributed by atoms with van der Waals surface area (Å²) in [5.74, 6) is -1.83. The standard InChI is InChI=1S/C19H23N3O5/c1-2-3-9-15(18(25)26)20-16(23)13-22-17(24)10-11-21(19(22)27)12-14-7-5-4-6-8-14/h4-8,10-11,15H,2-3,9,12-13H2,1H3,(H,20,23)(H,25,26)/t15-/m0/s1. The first kappa shape index (κ1) is 20.2. The number of carbonyl (C=O) groups is 2. The first-order chi connectivity index (χ1) is 12.9. The second kappa shape index (κ2) is 9.51. The highest BCUT2D eigenvalue weighted by Crippen LogP contribution is 2.01. The number of nitrogens with one attached hydrogen (secondary N) is 1. The molecule has 0 saturated heterocycles. The minimum atomic E-state index is -1.14. The molecule has 0 bridgehead atoms. The monoisotopic (exact) mass is 373 g/mol. The van der Waals surface area contributed by atoms with E-state index < -0.39 is 35.7 Å². The van der Waals surface area contributed by atoms with Crippen molar-refractivity contribution in [3.63, 3.8) is 0 Å². The van der Waals surface area contributed by atoms with Crippen LogP contribution >= 0.6 is 0 Å². The van der Waals surface area contributed by atoms with Crippen LogP contribution < -0.4 is 16.6 Å². The van der Waals surface area contributed by atoms with Gasteiger partial charge in [0.15, 0.2) is 0 Å². The summed E-state index contributed by atoms with van der Waals surface area (Å²) in [6, 6.07) is 9.40. The Morgan fingerprint density at radius 1 is 1.15 bits per heavy atom. The maximum absolute atomic E-state index is 12.6. The van der Waals surface area contributed by atoms with E-state index in [0.717, 1.165) is 16.6 Å². The van der Waals surface area contributed by atoms with E-state index in [1.54, 1.807) is 0 Å². The average Bonchev–Trinajstić information content (AvgIpc) is 2.65. The number of unbranched alkanes of at least 4 members (excludes halogenated alkanes) is 1. The van der Waals surface area contributed by atoms with Gasteiger partial charge in [-0.3, -0.25) is 18.7 Å². The van der Waals surface area contributed by atoms with Crippen LogP contribution in [0.2, 0.25) is 0 Å². The zero-order valence-corrected chi connectivity index (χ0v) is 15.1. The maximum Gasteiger partial charge on any atom is 0.331 e. The van der Waals surface area contributed by atoms with Crippen molar-refractivity contribution in [2.24, 2.45) is 0 Å². The predicted molar refractivity (Wildman–Crippen MR) is 99.6 cm³/mol. The maximum atomic E-state index is 12.6. The van der Waals surface area contributed by atoms with Crippen molar-refractivity contribution in [3.8, 4) is 0 Å². The molecule has 8 heteroatoms. The van der Waals surface area contributed by atoms with Gasteiger partial charge in [0.1, 0.15) is 12.6 Å². The van der Waals surface area contributed by atoms with E-state index in [1.807, 2.05) is 37.3 Å². The van der Waals surface area contributed by atoms with Crippen molar-refractivity contribution < 1.29 is 14.7 Å². The van der Waals surface area contributed by atoms with Crippen molar-refractivity contribution >= 4 is 11.9 Å². The van der Waals surface area contributed by atoms with Crippen LogP contribution in [-0.2, 0) is 22.7 Å². The van der Waals surface area contributed by atoms with Gasteiger partial charge in [0.05, 0.1) is 6.54 Å². The average molecular weight is 373 g/mol. The topological polar surface area (TPSA) is 110 Å². The zero-order chi connectivity index (χ0) is 19.8. The molecule has 1 atom stereocenters. The molecule has 2 aromatic rings. The summed E-state index contributed by atoms with van der Waals surface area (Å²) in [4.78, 5) is 48.0. The lowest BCUT2D eigenvalue weighted by atomic mass is 10.1. The predicted octanol–water partition coefficient (Wildman–Crippen LogP) is 0.818. The fourth-order valence-corrected chi connectivity index (χ4v) is 2.65. The fourth-order valence-electron chi connectivity index (χ4n) is 2.65. The van der Waals surface area contributed by atoms with Crippen LogP contribution in [0, 0.1) is 0 Å². The number of amides is 1. The highest BCUT2D eigenvalue weighted by molar-refractivity contribution is 5.83. The van der Waals surface area contributed by atoms with Crippen molar-refractivity contribution in [3.05, 3.63) is 69.0 Å². The Bertz CT molecular complexity index is 902. The molecule has 0 aliphatic rings. The molecule has 0 spiro atoms. The molecule has 0 unspecified atom stereocenters. The molecule has 2 N–H and O–H groups in total. The number of hydrogen-bond donors (Lipinski definition) is 2. The lowest BCUT2D eigenvalue weighted by Gasteiger charge is -2.15. The Kier molecular flexibility index (Phi) is 7.10. The van der Waals surface area contributed by atoms with E-state index in [1.165, 1.54) is 16.8 Å². The molecule has 0 aliphatic carbocycles. The lowest BCUT2D eigenvalue weighted by Crippen LogP contribution is -2.47. The van der Waals surface area contributed by atoms with Crippen molar-refractivity contribution in [2.75, 3.05) is 0 Å². The molecule has 1 heterocycles. The van der Waals surface area contributed by atoms with Gasteiger partial charge < -0.3 is 10.4 Å². The number of carboxylic acid groups (broad SMARTS) is 1. The number of rotatable bonds is 9. The first-order valence-electron chi connectivity index (χ1n) is 8.78. The van der Waals surface area contributed by atoms with Crippen molar-refractivity contribution in [1.29, 1.82) is 0 Å². The van der Waals surface area contributed by atoms with Crippen LogP contribution in [0.3, 0.4) is 0 Å². The Morgan fingerprint density at radius 3 is 2.48 bits per heavy atom. The molecule has 144 valence electrons. The summed E-state index contributed by atoms with van der Waals surface area (Å²) in [7, 11) is 0. The van der Waals surface area contributed by atoms with Crippen LogP contribution in [0.15, 0.2) is 52.2 Å². The number of aliphatic carboxylic acids is 1. The van der Waals surface area contributed by atoms with E-state index in [-0.39, 0.29) is 6.54 Å². The minimum Gasteiger partial charge on any atom is -0.480 e. The Hall–Kier alpha value is -3.16. The largest absolute Gasteiger partial charge is 0.480 e. The zero-order valence-electron chi connectivity index (χ0n) is 15.1. The van der Waals surface area contributed by atoms with E-state index in [9.17, 15) is 24.3 Å². The molecule has 1 amide bonds. The van der Waals surface area contributed by atoms with Gasteiger partial charge in [0.2, 0.25) is 5.91 Å².